The predicted molar refractivity (Wildman–Crippen MR) is 86.8 cm³/mol. The SMILES string of the molecule is CCCN1CC=C(c2ccc(-c3ncccn3)cc2)CC1. The van der Waals surface area contributed by atoms with Crippen LogP contribution in [0.15, 0.2) is 48.8 Å². The van der Waals surface area contributed by atoms with E-state index in [1.54, 1.807) is 12.4 Å². The minimum atomic E-state index is 0.788. The number of benzene rings is 1. The van der Waals surface area contributed by atoms with Gasteiger partial charge in [0.1, 0.15) is 0 Å². The van der Waals surface area contributed by atoms with E-state index in [4.69, 9.17) is 0 Å². The van der Waals surface area contributed by atoms with Gasteiger partial charge in [-0.25, -0.2) is 9.97 Å². The zero-order chi connectivity index (χ0) is 14.5. The first-order chi connectivity index (χ1) is 10.4. The summed E-state index contributed by atoms with van der Waals surface area (Å²) in [6, 6.07) is 10.4. The number of hydrogen-bond donors (Lipinski definition) is 0. The molecule has 1 aromatic heterocycles. The third-order valence-corrected chi connectivity index (χ3v) is 3.91. The van der Waals surface area contributed by atoms with Crippen molar-refractivity contribution in [2.45, 2.75) is 19.8 Å². The fourth-order valence-electron chi connectivity index (χ4n) is 2.77. The zero-order valence-corrected chi connectivity index (χ0v) is 12.5. The lowest BCUT2D eigenvalue weighted by Gasteiger charge is -2.26. The molecule has 0 radical (unpaired) electrons. The average molecular weight is 279 g/mol. The molecular formula is C18H21N3. The molecule has 3 heteroatoms. The van der Waals surface area contributed by atoms with Gasteiger partial charge in [0.25, 0.3) is 0 Å². The highest BCUT2D eigenvalue weighted by atomic mass is 15.1. The fraction of sp³-hybridized carbons (Fsp3) is 0.333. The minimum absolute atomic E-state index is 0.788. The van der Waals surface area contributed by atoms with Crippen molar-refractivity contribution in [3.8, 4) is 11.4 Å². The molecule has 0 unspecified atom stereocenters. The Labute approximate surface area is 126 Å². The number of nitrogens with zero attached hydrogens (tertiary/aromatic N) is 3. The van der Waals surface area contributed by atoms with Crippen LogP contribution in [0.25, 0.3) is 17.0 Å². The van der Waals surface area contributed by atoms with Crippen LogP contribution < -0.4 is 0 Å². The van der Waals surface area contributed by atoms with Crippen LogP contribution in [-0.4, -0.2) is 34.5 Å². The second-order valence-electron chi connectivity index (χ2n) is 5.43. The molecule has 1 aromatic carbocycles. The van der Waals surface area contributed by atoms with E-state index in [1.807, 2.05) is 6.07 Å². The van der Waals surface area contributed by atoms with Crippen molar-refractivity contribution in [2.75, 3.05) is 19.6 Å². The quantitative estimate of drug-likeness (QED) is 0.855. The van der Waals surface area contributed by atoms with Gasteiger partial charge in [-0.3, -0.25) is 4.90 Å². The van der Waals surface area contributed by atoms with Crippen molar-refractivity contribution in [1.82, 2.24) is 14.9 Å². The highest BCUT2D eigenvalue weighted by molar-refractivity contribution is 5.69. The number of aromatic nitrogens is 2. The zero-order valence-electron chi connectivity index (χ0n) is 12.5. The van der Waals surface area contributed by atoms with Gasteiger partial charge >= 0.3 is 0 Å². The van der Waals surface area contributed by atoms with Gasteiger partial charge in [-0.15, -0.1) is 0 Å². The van der Waals surface area contributed by atoms with Gasteiger partial charge < -0.3 is 0 Å². The Morgan fingerprint density at radius 2 is 1.76 bits per heavy atom. The van der Waals surface area contributed by atoms with Gasteiger partial charge in [0, 0.05) is 31.0 Å². The van der Waals surface area contributed by atoms with Crippen LogP contribution in [0.1, 0.15) is 25.3 Å². The van der Waals surface area contributed by atoms with Crippen LogP contribution >= 0.6 is 0 Å². The molecule has 0 bridgehead atoms. The van der Waals surface area contributed by atoms with Gasteiger partial charge in [-0.1, -0.05) is 37.3 Å². The van der Waals surface area contributed by atoms with E-state index in [2.05, 4.69) is 52.1 Å². The summed E-state index contributed by atoms with van der Waals surface area (Å²) in [6.07, 6.45) is 8.30. The van der Waals surface area contributed by atoms with Crippen LogP contribution in [0.2, 0.25) is 0 Å². The van der Waals surface area contributed by atoms with Crippen LogP contribution in [0, 0.1) is 0 Å². The number of hydrogen-bond acceptors (Lipinski definition) is 3. The lowest BCUT2D eigenvalue weighted by atomic mass is 9.98. The Hall–Kier alpha value is -2.00. The molecule has 2 heterocycles. The monoisotopic (exact) mass is 279 g/mol. The molecule has 0 atom stereocenters. The van der Waals surface area contributed by atoms with E-state index in [0.29, 0.717) is 0 Å². The average Bonchev–Trinajstić information content (AvgIpc) is 2.57. The summed E-state index contributed by atoms with van der Waals surface area (Å²) in [4.78, 5) is 11.1. The maximum Gasteiger partial charge on any atom is 0.159 e. The molecule has 0 spiro atoms. The molecule has 1 aliphatic rings. The highest BCUT2D eigenvalue weighted by Crippen LogP contribution is 2.24. The Morgan fingerprint density at radius 1 is 1.05 bits per heavy atom. The van der Waals surface area contributed by atoms with E-state index in [1.165, 1.54) is 30.6 Å². The largest absolute Gasteiger partial charge is 0.299 e. The van der Waals surface area contributed by atoms with Crippen LogP contribution in [0.4, 0.5) is 0 Å². The van der Waals surface area contributed by atoms with Crippen LogP contribution in [0.5, 0.6) is 0 Å². The molecule has 0 saturated carbocycles. The van der Waals surface area contributed by atoms with Crippen molar-refractivity contribution in [3.05, 3.63) is 54.4 Å². The second-order valence-corrected chi connectivity index (χ2v) is 5.43. The van der Waals surface area contributed by atoms with E-state index < -0.39 is 0 Å². The highest BCUT2D eigenvalue weighted by Gasteiger charge is 2.12. The van der Waals surface area contributed by atoms with Gasteiger partial charge in [0.05, 0.1) is 0 Å². The summed E-state index contributed by atoms with van der Waals surface area (Å²) in [7, 11) is 0. The van der Waals surface area contributed by atoms with Gasteiger partial charge in [-0.2, -0.15) is 0 Å². The molecule has 0 aliphatic carbocycles. The molecule has 2 aromatic rings. The lowest BCUT2D eigenvalue weighted by Crippen LogP contribution is -2.29. The molecule has 0 amide bonds. The second kappa shape index (κ2) is 6.64. The van der Waals surface area contributed by atoms with E-state index >= 15 is 0 Å². The van der Waals surface area contributed by atoms with E-state index in [-0.39, 0.29) is 0 Å². The van der Waals surface area contributed by atoms with Crippen molar-refractivity contribution < 1.29 is 0 Å². The first-order valence-electron chi connectivity index (χ1n) is 7.66. The summed E-state index contributed by atoms with van der Waals surface area (Å²) < 4.78 is 0. The van der Waals surface area contributed by atoms with Crippen molar-refractivity contribution in [1.29, 1.82) is 0 Å². The van der Waals surface area contributed by atoms with Crippen molar-refractivity contribution in [3.63, 3.8) is 0 Å². The summed E-state index contributed by atoms with van der Waals surface area (Å²) in [5.74, 6) is 0.788. The molecule has 3 rings (SSSR count). The lowest BCUT2D eigenvalue weighted by molar-refractivity contribution is 0.302. The third-order valence-electron chi connectivity index (χ3n) is 3.91. The molecule has 0 fully saturated rings. The molecule has 0 N–H and O–H groups in total. The van der Waals surface area contributed by atoms with Crippen molar-refractivity contribution >= 4 is 5.57 Å². The van der Waals surface area contributed by atoms with Crippen LogP contribution in [0.3, 0.4) is 0 Å². The Kier molecular flexibility index (Phi) is 4.41. The first kappa shape index (κ1) is 14.0. The third kappa shape index (κ3) is 3.37. The Bertz CT molecular complexity index is 602. The van der Waals surface area contributed by atoms with E-state index in [9.17, 15) is 0 Å². The van der Waals surface area contributed by atoms with Gasteiger partial charge in [-0.05, 0) is 36.6 Å². The molecule has 21 heavy (non-hydrogen) atoms. The normalized spacial score (nSPS) is 15.8. The maximum atomic E-state index is 4.29. The smallest absolute Gasteiger partial charge is 0.159 e. The van der Waals surface area contributed by atoms with E-state index in [0.717, 1.165) is 24.4 Å². The summed E-state index contributed by atoms with van der Waals surface area (Å²) in [5.41, 5.74) is 3.86. The van der Waals surface area contributed by atoms with Crippen LogP contribution in [-0.2, 0) is 0 Å². The summed E-state index contributed by atoms with van der Waals surface area (Å²) in [6.45, 7) is 5.69. The first-order valence-corrected chi connectivity index (χ1v) is 7.66. The molecule has 0 saturated heterocycles. The standard InChI is InChI=1S/C18H21N3/c1-2-12-21-13-8-16(9-14-21)15-4-6-17(7-5-15)18-19-10-3-11-20-18/h3-8,10-11H,2,9,12-14H2,1H3. The molecule has 1 aliphatic heterocycles. The maximum absolute atomic E-state index is 4.29. The fourth-order valence-corrected chi connectivity index (χ4v) is 2.77. The summed E-state index contributed by atoms with van der Waals surface area (Å²) in [5, 5.41) is 0. The Balaban J connectivity index is 1.73. The number of rotatable bonds is 4. The summed E-state index contributed by atoms with van der Waals surface area (Å²) >= 11 is 0. The van der Waals surface area contributed by atoms with Crippen molar-refractivity contribution in [2.24, 2.45) is 0 Å². The van der Waals surface area contributed by atoms with Gasteiger partial charge in [0.2, 0.25) is 0 Å². The minimum Gasteiger partial charge on any atom is -0.299 e. The van der Waals surface area contributed by atoms with Gasteiger partial charge in [0.15, 0.2) is 5.82 Å². The molecular weight excluding hydrogens is 258 g/mol. The topological polar surface area (TPSA) is 29.0 Å². The molecule has 108 valence electrons. The molecule has 3 nitrogen and oxygen atoms in total. The Morgan fingerprint density at radius 3 is 2.38 bits per heavy atom. The predicted octanol–water partition coefficient (Wildman–Crippen LogP) is 3.64.